The first kappa shape index (κ1) is 48.9. The van der Waals surface area contributed by atoms with Crippen LogP contribution in [0.25, 0.3) is 0 Å². The quantitative estimate of drug-likeness (QED) is 0.101. The number of cyclic esters (lactones) is 2. The normalized spacial score (nSPS) is 27.2. The van der Waals surface area contributed by atoms with Crippen LogP contribution in [-0.2, 0) is 51.1 Å². The summed E-state index contributed by atoms with van der Waals surface area (Å²) in [5.74, 6) is -4.14. The van der Waals surface area contributed by atoms with Crippen molar-refractivity contribution in [3.8, 4) is 0 Å². The maximum atomic E-state index is 13.3. The molecule has 4 rings (SSSR count). The molecular formula is C44H56I2N2O10. The fourth-order valence-electron chi connectivity index (χ4n) is 7.01. The van der Waals surface area contributed by atoms with Crippen molar-refractivity contribution in [3.63, 3.8) is 0 Å². The van der Waals surface area contributed by atoms with E-state index in [0.29, 0.717) is 25.7 Å². The van der Waals surface area contributed by atoms with Gasteiger partial charge in [-0.1, -0.05) is 86.7 Å². The zero-order valence-corrected chi connectivity index (χ0v) is 38.6. The first-order valence-corrected chi connectivity index (χ1v) is 21.5. The van der Waals surface area contributed by atoms with Crippen molar-refractivity contribution in [3.05, 3.63) is 91.1 Å². The average molecular weight is 1030 g/mol. The van der Waals surface area contributed by atoms with Crippen molar-refractivity contribution < 1.29 is 48.5 Å². The van der Waals surface area contributed by atoms with Gasteiger partial charge >= 0.3 is 11.9 Å². The van der Waals surface area contributed by atoms with Crippen LogP contribution in [0.15, 0.2) is 80.0 Å². The predicted octanol–water partition coefficient (Wildman–Crippen LogP) is 5.92. The number of esters is 2. The van der Waals surface area contributed by atoms with E-state index in [1.54, 1.807) is 39.8 Å². The van der Waals surface area contributed by atoms with Crippen LogP contribution in [-0.4, -0.2) is 82.0 Å². The van der Waals surface area contributed by atoms with Crippen molar-refractivity contribution >= 4 is 80.5 Å². The van der Waals surface area contributed by atoms with E-state index in [9.17, 15) is 39.0 Å². The van der Waals surface area contributed by atoms with E-state index >= 15 is 0 Å². The Morgan fingerprint density at radius 3 is 1.26 bits per heavy atom. The Balaban J connectivity index is 0.000000310. The number of aryl methyl sites for hydroxylation is 2. The average Bonchev–Trinajstić information content (AvgIpc) is 3.18. The summed E-state index contributed by atoms with van der Waals surface area (Å²) in [6.45, 7) is 12.8. The minimum absolute atomic E-state index is 0.267. The third kappa shape index (κ3) is 12.3. The van der Waals surface area contributed by atoms with Crippen LogP contribution in [0.1, 0.15) is 79.4 Å². The minimum atomic E-state index is -1.56. The lowest BCUT2D eigenvalue weighted by molar-refractivity contribution is -0.182. The van der Waals surface area contributed by atoms with E-state index in [4.69, 9.17) is 9.47 Å². The van der Waals surface area contributed by atoms with Gasteiger partial charge in [0.1, 0.15) is 35.2 Å². The van der Waals surface area contributed by atoms with Crippen molar-refractivity contribution in [2.45, 2.75) is 118 Å². The molecule has 58 heavy (non-hydrogen) atoms. The lowest BCUT2D eigenvalue weighted by Gasteiger charge is -2.42. The number of amides is 2. The van der Waals surface area contributed by atoms with E-state index in [-0.39, 0.29) is 11.6 Å². The molecule has 0 aromatic heterocycles. The molecule has 0 unspecified atom stereocenters. The molecule has 0 aliphatic carbocycles. The Bertz CT molecular complexity index is 1710. The number of ketones is 2. The van der Waals surface area contributed by atoms with E-state index in [1.807, 2.05) is 60.7 Å². The smallest absolute Gasteiger partial charge is 0.322 e. The molecule has 2 aromatic carbocycles. The van der Waals surface area contributed by atoms with Crippen LogP contribution in [0.5, 0.6) is 0 Å². The summed E-state index contributed by atoms with van der Waals surface area (Å²) in [4.78, 5) is 76.7. The number of hydrogen-bond acceptors (Lipinski definition) is 10. The minimum Gasteiger partial charge on any atom is -0.461 e. The zero-order chi connectivity index (χ0) is 43.5. The first-order valence-electron chi connectivity index (χ1n) is 19.4. The van der Waals surface area contributed by atoms with E-state index < -0.39 is 82.9 Å². The Morgan fingerprint density at radius 1 is 0.672 bits per heavy atom. The highest BCUT2D eigenvalue weighted by Crippen LogP contribution is 2.39. The van der Waals surface area contributed by atoms with Gasteiger partial charge in [0.25, 0.3) is 0 Å². The maximum Gasteiger partial charge on any atom is 0.322 e. The molecule has 316 valence electrons. The first-order chi connectivity index (χ1) is 27.1. The molecule has 12 nitrogen and oxygen atoms in total. The molecule has 2 aromatic rings. The second-order valence-corrected chi connectivity index (χ2v) is 18.9. The molecular weight excluding hydrogens is 970 g/mol. The number of nitrogens with one attached hydrogen (secondary N) is 2. The second kappa shape index (κ2) is 21.7. The Labute approximate surface area is 368 Å². The number of carbonyl (C=O) groups is 6. The van der Waals surface area contributed by atoms with Crippen LogP contribution in [0.2, 0.25) is 0 Å². The summed E-state index contributed by atoms with van der Waals surface area (Å²) in [7, 11) is 0. The van der Waals surface area contributed by atoms with Gasteiger partial charge in [-0.3, -0.25) is 28.8 Å². The van der Waals surface area contributed by atoms with Gasteiger partial charge in [0.2, 0.25) is 11.8 Å². The Hall–Kier alpha value is -3.48. The van der Waals surface area contributed by atoms with Gasteiger partial charge in [-0.15, -0.1) is 0 Å². The Kier molecular flexibility index (Phi) is 18.3. The molecule has 4 N–H and O–H groups in total. The highest BCUT2D eigenvalue weighted by Gasteiger charge is 2.57. The number of halogens is 2. The molecule has 2 saturated heterocycles. The third-order valence-corrected chi connectivity index (χ3v) is 11.6. The van der Waals surface area contributed by atoms with Crippen molar-refractivity contribution in [1.29, 1.82) is 0 Å². The highest BCUT2D eigenvalue weighted by molar-refractivity contribution is 14.1. The SMILES string of the molecule is C/C(I)=C\[C@@H](NC(=O)[C@H](C)O)[C@@]1(C)C(=O)O[C@H](CCc2ccccc2)[C@@H](C)C1=O.C/C(I)=C\[C@@H](NC(=O)[C@H](C)O)[C@@]1(C)C(=O)O[C@H](CCc2ccccc2)[C@@H](C)C1=O. The lowest BCUT2D eigenvalue weighted by Crippen LogP contribution is -2.61. The van der Waals surface area contributed by atoms with E-state index in [2.05, 4.69) is 55.8 Å². The molecule has 0 saturated carbocycles. The van der Waals surface area contributed by atoms with Gasteiger partial charge in [0, 0.05) is 0 Å². The summed E-state index contributed by atoms with van der Waals surface area (Å²) in [5.41, 5.74) is -0.886. The number of allylic oxidation sites excluding steroid dienone is 2. The molecule has 2 aliphatic heterocycles. The van der Waals surface area contributed by atoms with Crippen molar-refractivity contribution in [2.75, 3.05) is 0 Å². The molecule has 0 radical (unpaired) electrons. The maximum absolute atomic E-state index is 13.3. The van der Waals surface area contributed by atoms with Crippen molar-refractivity contribution in [2.24, 2.45) is 22.7 Å². The third-order valence-electron chi connectivity index (χ3n) is 10.8. The summed E-state index contributed by atoms with van der Waals surface area (Å²) < 4.78 is 13.0. The molecule has 10 atom stereocenters. The van der Waals surface area contributed by atoms with Crippen LogP contribution in [0, 0.1) is 22.7 Å². The number of Topliss-reactive ketones (excluding diaryl/α,β-unsaturated/α-hetero) is 2. The van der Waals surface area contributed by atoms with E-state index in [0.717, 1.165) is 18.3 Å². The van der Waals surface area contributed by atoms with Gasteiger partial charge in [0.05, 0.1) is 23.9 Å². The lowest BCUT2D eigenvalue weighted by atomic mass is 9.70. The number of rotatable bonds is 14. The second-order valence-electron chi connectivity index (χ2n) is 15.5. The summed E-state index contributed by atoms with van der Waals surface area (Å²) in [6.07, 6.45) is 2.25. The predicted molar refractivity (Wildman–Crippen MR) is 237 cm³/mol. The standard InChI is InChI=1S/2C22H28INO5/c2*1-13(23)12-18(24-20(27)15(3)25)22(4)19(26)14(2)17(29-21(22)28)11-10-16-8-6-5-7-9-16/h2*5-9,12,14-15,17-18,25H,10-11H2,1-4H3,(H,24,27)/b2*13-12+/t2*14-,15+,17-,18-,22-/m11/s1. The monoisotopic (exact) mass is 1030 g/mol. The topological polar surface area (TPSA) is 185 Å². The van der Waals surface area contributed by atoms with Gasteiger partial charge < -0.3 is 30.3 Å². The molecule has 2 heterocycles. The summed E-state index contributed by atoms with van der Waals surface area (Å²) in [6, 6.07) is 17.8. The number of ether oxygens (including phenoxy) is 2. The molecule has 14 heteroatoms. The Morgan fingerprint density at radius 2 is 0.983 bits per heavy atom. The fraction of sp³-hybridized carbons (Fsp3) is 0.500. The summed E-state index contributed by atoms with van der Waals surface area (Å²) >= 11 is 4.10. The number of aliphatic hydroxyl groups excluding tert-OH is 2. The molecule has 0 bridgehead atoms. The van der Waals surface area contributed by atoms with Gasteiger partial charge in [0.15, 0.2) is 11.6 Å². The van der Waals surface area contributed by atoms with Gasteiger partial charge in [-0.2, -0.15) is 0 Å². The molecule has 0 spiro atoms. The molecule has 2 fully saturated rings. The van der Waals surface area contributed by atoms with E-state index in [1.165, 1.54) is 27.7 Å². The number of carbonyl (C=O) groups excluding carboxylic acids is 6. The zero-order valence-electron chi connectivity index (χ0n) is 34.3. The van der Waals surface area contributed by atoms with Crippen LogP contribution >= 0.6 is 45.2 Å². The van der Waals surface area contributed by atoms with Crippen LogP contribution < -0.4 is 10.6 Å². The molecule has 2 amide bonds. The summed E-state index contributed by atoms with van der Waals surface area (Å²) in [5, 5.41) is 24.3. The van der Waals surface area contributed by atoms with Crippen LogP contribution in [0.3, 0.4) is 0 Å². The highest BCUT2D eigenvalue weighted by atomic mass is 127. The van der Waals surface area contributed by atoms with Crippen LogP contribution in [0.4, 0.5) is 0 Å². The number of aliphatic hydroxyl groups is 2. The largest absolute Gasteiger partial charge is 0.461 e. The number of benzene rings is 2. The van der Waals surface area contributed by atoms with Crippen molar-refractivity contribution in [1.82, 2.24) is 10.6 Å². The fourth-order valence-corrected chi connectivity index (χ4v) is 7.73. The number of hydrogen-bond donors (Lipinski definition) is 4. The van der Waals surface area contributed by atoms with Gasteiger partial charge in [-0.05, 0) is 131 Å². The molecule has 2 aliphatic rings. The van der Waals surface area contributed by atoms with Gasteiger partial charge in [-0.25, -0.2) is 0 Å².